The van der Waals surface area contributed by atoms with Crippen LogP contribution < -0.4 is 20.3 Å². The molecule has 1 aromatic heterocycles. The lowest BCUT2D eigenvalue weighted by Gasteiger charge is -2.17. The molecule has 1 N–H and O–H groups in total. The van der Waals surface area contributed by atoms with Crippen molar-refractivity contribution in [1.82, 2.24) is 9.55 Å². The first-order valence-corrected chi connectivity index (χ1v) is 11.0. The molecule has 0 aliphatic heterocycles. The molecule has 170 valence electrons. The molecule has 3 aromatic rings. The van der Waals surface area contributed by atoms with E-state index in [4.69, 9.17) is 14.2 Å². The first-order chi connectivity index (χ1) is 15.5. The Balaban J connectivity index is 1.85. The monoisotopic (exact) mass is 457 g/mol. The predicted octanol–water partition coefficient (Wildman–Crippen LogP) is 3.57. The first kappa shape index (κ1) is 23.6. The summed E-state index contributed by atoms with van der Waals surface area (Å²) in [5, 5.41) is 3.42. The van der Waals surface area contributed by atoms with Crippen LogP contribution in [0.5, 0.6) is 11.5 Å². The molecule has 0 fully saturated rings. The van der Waals surface area contributed by atoms with Gasteiger partial charge in [-0.2, -0.15) is 0 Å². The highest BCUT2D eigenvalue weighted by Gasteiger charge is 2.20. The second-order valence-corrected chi connectivity index (χ2v) is 8.37. The van der Waals surface area contributed by atoms with Crippen LogP contribution >= 0.6 is 11.8 Å². The molecule has 1 heterocycles. The zero-order valence-corrected chi connectivity index (χ0v) is 19.4. The number of thioether (sulfide) groups is 1. The molecule has 0 aliphatic carbocycles. The normalized spacial score (nSPS) is 11.9. The lowest BCUT2D eigenvalue weighted by Crippen LogP contribution is -2.27. The van der Waals surface area contributed by atoms with Crippen molar-refractivity contribution < 1.29 is 19.0 Å². The van der Waals surface area contributed by atoms with Crippen LogP contribution in [-0.4, -0.2) is 48.6 Å². The number of fused-ring (bicyclic) bond motifs is 1. The fourth-order valence-electron chi connectivity index (χ4n) is 3.14. The van der Waals surface area contributed by atoms with Crippen molar-refractivity contribution in [3.05, 3.63) is 52.8 Å². The highest BCUT2D eigenvalue weighted by atomic mass is 32.2. The van der Waals surface area contributed by atoms with E-state index in [0.29, 0.717) is 52.8 Å². The fourth-order valence-corrected chi connectivity index (χ4v) is 4.07. The second kappa shape index (κ2) is 11.0. The van der Waals surface area contributed by atoms with E-state index in [2.05, 4.69) is 10.3 Å². The maximum absolute atomic E-state index is 13.1. The van der Waals surface area contributed by atoms with Crippen molar-refractivity contribution in [2.24, 2.45) is 0 Å². The Bertz CT molecular complexity index is 1130. The summed E-state index contributed by atoms with van der Waals surface area (Å²) < 4.78 is 17.3. The molecule has 8 nitrogen and oxygen atoms in total. The summed E-state index contributed by atoms with van der Waals surface area (Å²) in [4.78, 5) is 30.6. The van der Waals surface area contributed by atoms with Crippen molar-refractivity contribution in [2.45, 2.75) is 30.3 Å². The van der Waals surface area contributed by atoms with Crippen LogP contribution in [0.4, 0.5) is 5.69 Å². The van der Waals surface area contributed by atoms with Gasteiger partial charge in [-0.05, 0) is 25.5 Å². The van der Waals surface area contributed by atoms with E-state index < -0.39 is 5.25 Å². The number of nitrogens with one attached hydrogen (secondary N) is 1. The zero-order chi connectivity index (χ0) is 23.1. The first-order valence-electron chi connectivity index (χ1n) is 10.2. The van der Waals surface area contributed by atoms with Gasteiger partial charge in [0.25, 0.3) is 5.56 Å². The smallest absolute Gasteiger partial charge is 0.262 e. The standard InChI is InChI=1S/C23H27N3O5S/c1-15(21(27)24-16-12-17(30-3)14-18(13-16)31-4)32-23-25-20-9-6-5-8-19(20)22(28)26(23)10-7-11-29-2/h5-6,8-9,12-15H,7,10-11H2,1-4H3,(H,24,27)/t15-/m1/s1. The summed E-state index contributed by atoms with van der Waals surface area (Å²) in [5.74, 6) is 0.919. The van der Waals surface area contributed by atoms with E-state index in [-0.39, 0.29) is 11.5 Å². The minimum atomic E-state index is -0.506. The molecule has 0 spiro atoms. The summed E-state index contributed by atoms with van der Waals surface area (Å²) in [5.41, 5.74) is 1.04. The van der Waals surface area contributed by atoms with Gasteiger partial charge >= 0.3 is 0 Å². The van der Waals surface area contributed by atoms with Gasteiger partial charge in [-0.1, -0.05) is 23.9 Å². The number of methoxy groups -OCH3 is 3. The number of carbonyl (C=O) groups excluding carboxylic acids is 1. The molecule has 0 saturated carbocycles. The Hall–Kier alpha value is -3.04. The average molecular weight is 458 g/mol. The SMILES string of the molecule is COCCCn1c(S[C@H](C)C(=O)Nc2cc(OC)cc(OC)c2)nc2ccccc2c1=O. The van der Waals surface area contributed by atoms with Crippen molar-refractivity contribution in [2.75, 3.05) is 33.3 Å². The highest BCUT2D eigenvalue weighted by Crippen LogP contribution is 2.28. The van der Waals surface area contributed by atoms with Gasteiger partial charge in [-0.15, -0.1) is 0 Å². The summed E-state index contributed by atoms with van der Waals surface area (Å²) in [6, 6.07) is 12.4. The van der Waals surface area contributed by atoms with Crippen LogP contribution in [0.25, 0.3) is 10.9 Å². The summed E-state index contributed by atoms with van der Waals surface area (Å²) in [6.07, 6.45) is 0.661. The van der Waals surface area contributed by atoms with Crippen LogP contribution in [-0.2, 0) is 16.1 Å². The Labute approximate surface area is 190 Å². The minimum absolute atomic E-state index is 0.126. The Morgan fingerprint density at radius 3 is 2.47 bits per heavy atom. The van der Waals surface area contributed by atoms with Crippen LogP contribution in [0, 0.1) is 0 Å². The average Bonchev–Trinajstić information content (AvgIpc) is 2.80. The van der Waals surface area contributed by atoms with Crippen molar-refractivity contribution in [3.63, 3.8) is 0 Å². The maximum Gasteiger partial charge on any atom is 0.262 e. The van der Waals surface area contributed by atoms with Gasteiger partial charge in [0.15, 0.2) is 5.16 Å². The van der Waals surface area contributed by atoms with Crippen LogP contribution in [0.1, 0.15) is 13.3 Å². The van der Waals surface area contributed by atoms with Gasteiger partial charge < -0.3 is 19.5 Å². The molecule has 0 saturated heterocycles. The molecular formula is C23H27N3O5S. The Morgan fingerprint density at radius 2 is 1.81 bits per heavy atom. The third-order valence-corrected chi connectivity index (χ3v) is 5.92. The van der Waals surface area contributed by atoms with Crippen molar-refractivity contribution in [1.29, 1.82) is 0 Å². The van der Waals surface area contributed by atoms with Crippen LogP contribution in [0.15, 0.2) is 52.4 Å². The number of benzene rings is 2. The van der Waals surface area contributed by atoms with E-state index >= 15 is 0 Å². The van der Waals surface area contributed by atoms with E-state index in [1.807, 2.05) is 12.1 Å². The molecule has 32 heavy (non-hydrogen) atoms. The number of hydrogen-bond donors (Lipinski definition) is 1. The molecule has 0 unspecified atom stereocenters. The lowest BCUT2D eigenvalue weighted by atomic mass is 10.2. The fraction of sp³-hybridized carbons (Fsp3) is 0.348. The summed E-state index contributed by atoms with van der Waals surface area (Å²) >= 11 is 1.24. The number of carbonyl (C=O) groups is 1. The maximum atomic E-state index is 13.1. The van der Waals surface area contributed by atoms with Crippen LogP contribution in [0.3, 0.4) is 0 Å². The number of aromatic nitrogens is 2. The minimum Gasteiger partial charge on any atom is -0.497 e. The Morgan fingerprint density at radius 1 is 1.12 bits per heavy atom. The molecule has 1 amide bonds. The van der Waals surface area contributed by atoms with Gasteiger partial charge in [0.2, 0.25) is 5.91 Å². The highest BCUT2D eigenvalue weighted by molar-refractivity contribution is 8.00. The van der Waals surface area contributed by atoms with Crippen molar-refractivity contribution >= 4 is 34.3 Å². The molecular weight excluding hydrogens is 430 g/mol. The number of nitrogens with zero attached hydrogens (tertiary/aromatic N) is 2. The van der Waals surface area contributed by atoms with Crippen LogP contribution in [0.2, 0.25) is 0 Å². The third-order valence-electron chi connectivity index (χ3n) is 4.83. The van der Waals surface area contributed by atoms with E-state index in [1.165, 1.54) is 11.8 Å². The Kier molecular flexibility index (Phi) is 8.13. The van der Waals surface area contributed by atoms with Crippen molar-refractivity contribution in [3.8, 4) is 11.5 Å². The molecule has 1 atom stereocenters. The molecule has 9 heteroatoms. The number of amides is 1. The van der Waals surface area contributed by atoms with E-state index in [9.17, 15) is 9.59 Å². The summed E-state index contributed by atoms with van der Waals surface area (Å²) in [7, 11) is 4.72. The zero-order valence-electron chi connectivity index (χ0n) is 18.6. The second-order valence-electron chi connectivity index (χ2n) is 7.07. The third kappa shape index (κ3) is 5.60. The number of hydrogen-bond acceptors (Lipinski definition) is 7. The number of ether oxygens (including phenoxy) is 3. The number of anilines is 1. The van der Waals surface area contributed by atoms with Gasteiger partial charge in [0, 0.05) is 44.1 Å². The molecule has 0 bridgehead atoms. The number of para-hydroxylation sites is 1. The molecule has 2 aromatic carbocycles. The predicted molar refractivity (Wildman–Crippen MR) is 126 cm³/mol. The quantitative estimate of drug-likeness (QED) is 0.283. The molecule has 0 aliphatic rings. The van der Waals surface area contributed by atoms with E-state index in [1.54, 1.807) is 63.2 Å². The molecule has 3 rings (SSSR count). The largest absolute Gasteiger partial charge is 0.497 e. The van der Waals surface area contributed by atoms with Gasteiger partial charge in [0.1, 0.15) is 11.5 Å². The lowest BCUT2D eigenvalue weighted by molar-refractivity contribution is -0.115. The van der Waals surface area contributed by atoms with Gasteiger partial charge in [-0.3, -0.25) is 14.2 Å². The van der Waals surface area contributed by atoms with Gasteiger partial charge in [-0.25, -0.2) is 4.98 Å². The van der Waals surface area contributed by atoms with Gasteiger partial charge in [0.05, 0.1) is 30.4 Å². The number of rotatable bonds is 10. The van der Waals surface area contributed by atoms with E-state index in [0.717, 1.165) is 0 Å². The molecule has 0 radical (unpaired) electrons. The topological polar surface area (TPSA) is 91.7 Å². The summed E-state index contributed by atoms with van der Waals surface area (Å²) in [6.45, 7) is 2.75.